The van der Waals surface area contributed by atoms with Gasteiger partial charge in [0, 0.05) is 23.3 Å². The molecule has 0 atom stereocenters. The van der Waals surface area contributed by atoms with E-state index in [0.29, 0.717) is 5.69 Å². The van der Waals surface area contributed by atoms with Crippen LogP contribution in [0.1, 0.15) is 11.4 Å². The predicted octanol–water partition coefficient (Wildman–Crippen LogP) is 4.38. The van der Waals surface area contributed by atoms with Crippen molar-refractivity contribution in [2.45, 2.75) is 13.1 Å². The first-order valence-corrected chi connectivity index (χ1v) is 8.72. The van der Waals surface area contributed by atoms with E-state index in [4.69, 9.17) is 4.74 Å². The van der Waals surface area contributed by atoms with E-state index in [1.54, 1.807) is 31.4 Å². The van der Waals surface area contributed by atoms with E-state index < -0.39 is 11.9 Å². The Balaban J connectivity index is 0.000000213. The first-order valence-electron chi connectivity index (χ1n) is 8.72. The number of benzene rings is 1. The van der Waals surface area contributed by atoms with Crippen molar-refractivity contribution in [3.63, 3.8) is 0 Å². The number of nitrogens with zero attached hydrogens (tertiary/aromatic N) is 5. The van der Waals surface area contributed by atoms with Crippen LogP contribution in [-0.2, 0) is 27.2 Å². The number of hydrogen-bond donors (Lipinski definition) is 0. The van der Waals surface area contributed by atoms with Gasteiger partial charge >= 0.3 is 27.2 Å². The average Bonchev–Trinajstić information content (AvgIpc) is 3.27. The van der Waals surface area contributed by atoms with E-state index in [2.05, 4.69) is 31.4 Å². The molecule has 0 amide bonds. The number of aromatic nitrogens is 5. The van der Waals surface area contributed by atoms with Crippen molar-refractivity contribution < 1.29 is 39.0 Å². The van der Waals surface area contributed by atoms with Gasteiger partial charge in [0.15, 0.2) is 0 Å². The molecule has 10 heteroatoms. The molecular weight excluding hydrogens is 590 g/mol. The molecule has 0 bridgehead atoms. The smallest absolute Gasteiger partial charge is 0.573 e. The summed E-state index contributed by atoms with van der Waals surface area (Å²) in [5.74, 6) is 0.791. The Kier molecular flexibility index (Phi) is 8.45. The summed E-state index contributed by atoms with van der Waals surface area (Å²) in [5.41, 5.74) is 2.16. The Bertz CT molecular complexity index is 1070. The van der Waals surface area contributed by atoms with Crippen LogP contribution in [-0.4, -0.2) is 27.4 Å². The molecule has 31 heavy (non-hydrogen) atoms. The van der Waals surface area contributed by atoms with E-state index in [-0.39, 0.29) is 26.8 Å². The van der Waals surface area contributed by atoms with Crippen molar-refractivity contribution in [1.82, 2.24) is 25.4 Å². The maximum atomic E-state index is 12.2. The molecule has 0 aliphatic heterocycles. The summed E-state index contributed by atoms with van der Waals surface area (Å²) in [6, 6.07) is 18.3. The van der Waals surface area contributed by atoms with Gasteiger partial charge in [-0.05, 0) is 31.2 Å². The molecule has 0 radical (unpaired) electrons. The number of rotatable bonds is 3. The van der Waals surface area contributed by atoms with Crippen LogP contribution in [0.3, 0.4) is 0 Å². The fourth-order valence-corrected chi connectivity index (χ4v) is 2.31. The molecular formula is C21H16F3N5OPt. The van der Waals surface area contributed by atoms with Crippen LogP contribution in [0.15, 0.2) is 60.8 Å². The molecule has 0 aliphatic rings. The van der Waals surface area contributed by atoms with Crippen LogP contribution in [0.25, 0.3) is 22.6 Å². The maximum Gasteiger partial charge on any atom is 2.00 e. The van der Waals surface area contributed by atoms with Crippen molar-refractivity contribution >= 4 is 0 Å². The summed E-state index contributed by atoms with van der Waals surface area (Å²) in [4.78, 5) is 3.87. The fourth-order valence-electron chi connectivity index (χ4n) is 2.31. The van der Waals surface area contributed by atoms with Gasteiger partial charge in [0.25, 0.3) is 0 Å². The maximum absolute atomic E-state index is 12.2. The summed E-state index contributed by atoms with van der Waals surface area (Å²) in [7, 11) is 1.63. The zero-order valence-electron chi connectivity index (χ0n) is 16.4. The SMILES string of the molecule is COc1c[c-]c(-c2ccc(C)nn2)cc1.FC(F)(F)c1cc(-c2ccccn2)[n-]n1.[Pt+2]. The number of pyridine rings is 1. The largest absolute Gasteiger partial charge is 2.00 e. The van der Waals surface area contributed by atoms with Crippen LogP contribution in [0.4, 0.5) is 13.2 Å². The molecule has 0 saturated carbocycles. The van der Waals surface area contributed by atoms with Crippen LogP contribution in [0.2, 0.25) is 0 Å². The molecule has 0 fully saturated rings. The third-order valence-electron chi connectivity index (χ3n) is 3.85. The minimum absolute atomic E-state index is 0. The molecule has 0 N–H and O–H groups in total. The summed E-state index contributed by atoms with van der Waals surface area (Å²) in [6.07, 6.45) is -2.97. The van der Waals surface area contributed by atoms with E-state index in [1.807, 2.05) is 31.2 Å². The average molecular weight is 606 g/mol. The number of alkyl halides is 3. The second kappa shape index (κ2) is 10.8. The quantitative estimate of drug-likeness (QED) is 0.323. The van der Waals surface area contributed by atoms with Crippen molar-refractivity contribution in [3.05, 3.63) is 78.2 Å². The zero-order valence-corrected chi connectivity index (χ0v) is 18.6. The Morgan fingerprint density at radius 3 is 2.32 bits per heavy atom. The summed E-state index contributed by atoms with van der Waals surface area (Å²) < 4.78 is 41.6. The van der Waals surface area contributed by atoms with Gasteiger partial charge in [0.05, 0.1) is 12.8 Å². The van der Waals surface area contributed by atoms with Gasteiger partial charge in [-0.15, -0.1) is 29.8 Å². The number of ether oxygens (including phenoxy) is 1. The molecule has 6 nitrogen and oxygen atoms in total. The van der Waals surface area contributed by atoms with Gasteiger partial charge in [-0.25, -0.2) is 5.10 Å². The summed E-state index contributed by atoms with van der Waals surface area (Å²) in [5, 5.41) is 14.5. The van der Waals surface area contributed by atoms with Gasteiger partial charge < -0.3 is 14.9 Å². The van der Waals surface area contributed by atoms with E-state index >= 15 is 0 Å². The monoisotopic (exact) mass is 606 g/mol. The molecule has 1 aromatic carbocycles. The van der Waals surface area contributed by atoms with Crippen molar-refractivity contribution in [3.8, 4) is 28.4 Å². The second-order valence-corrected chi connectivity index (χ2v) is 6.03. The zero-order chi connectivity index (χ0) is 21.6. The summed E-state index contributed by atoms with van der Waals surface area (Å²) in [6.45, 7) is 1.91. The van der Waals surface area contributed by atoms with E-state index in [1.165, 1.54) is 6.20 Å². The van der Waals surface area contributed by atoms with Gasteiger partial charge in [-0.3, -0.25) is 4.98 Å². The molecule has 3 heterocycles. The Morgan fingerprint density at radius 1 is 1.00 bits per heavy atom. The molecule has 0 unspecified atom stereocenters. The van der Waals surface area contributed by atoms with Gasteiger partial charge in [0.1, 0.15) is 5.69 Å². The van der Waals surface area contributed by atoms with Crippen LogP contribution in [0, 0.1) is 13.0 Å². The first kappa shape index (κ1) is 24.2. The number of hydrogen-bond acceptors (Lipinski definition) is 5. The van der Waals surface area contributed by atoms with Crippen LogP contribution in [0.5, 0.6) is 5.75 Å². The van der Waals surface area contributed by atoms with Gasteiger partial charge in [-0.1, -0.05) is 17.8 Å². The topological polar surface area (TPSA) is 74.9 Å². The molecule has 162 valence electrons. The molecule has 4 aromatic rings. The third kappa shape index (κ3) is 6.72. The standard InChI is InChI=1S/C12H11N2O.C9H5F3N3.Pt/c1-9-3-8-12(14-13-9)10-4-6-11(15-2)7-5-10;10-9(11,12)8-5-7(14-15-8)6-3-1-2-4-13-6;/h3-4,6-8H,1-2H3;1-5H;/q2*-1;+2. The Labute approximate surface area is 191 Å². The minimum atomic E-state index is -4.46. The van der Waals surface area contributed by atoms with Gasteiger partial charge in [-0.2, -0.15) is 18.3 Å². The first-order chi connectivity index (χ1) is 14.4. The fraction of sp³-hybridized carbons (Fsp3) is 0.143. The minimum Gasteiger partial charge on any atom is -0.573 e. The van der Waals surface area contributed by atoms with E-state index in [9.17, 15) is 13.2 Å². The van der Waals surface area contributed by atoms with Crippen LogP contribution < -0.4 is 9.84 Å². The second-order valence-electron chi connectivity index (χ2n) is 6.03. The number of aryl methyl sites for hydroxylation is 1. The molecule has 4 rings (SSSR count). The normalized spacial score (nSPS) is 10.5. The molecule has 3 aromatic heterocycles. The number of methoxy groups -OCH3 is 1. The van der Waals surface area contributed by atoms with Crippen molar-refractivity contribution in [2.75, 3.05) is 7.11 Å². The summed E-state index contributed by atoms with van der Waals surface area (Å²) >= 11 is 0. The Hall–Kier alpha value is -3.06. The number of halogens is 3. The van der Waals surface area contributed by atoms with E-state index in [0.717, 1.165) is 28.8 Å². The van der Waals surface area contributed by atoms with Gasteiger partial charge in [0.2, 0.25) is 0 Å². The Morgan fingerprint density at radius 2 is 1.81 bits per heavy atom. The molecule has 0 aliphatic carbocycles. The third-order valence-corrected chi connectivity index (χ3v) is 3.85. The van der Waals surface area contributed by atoms with Crippen molar-refractivity contribution in [2.24, 2.45) is 0 Å². The van der Waals surface area contributed by atoms with Crippen molar-refractivity contribution in [1.29, 1.82) is 0 Å². The predicted molar refractivity (Wildman–Crippen MR) is 103 cm³/mol. The molecule has 0 saturated heterocycles. The molecule has 0 spiro atoms. The van der Waals surface area contributed by atoms with Crippen LogP contribution >= 0.6 is 0 Å².